The van der Waals surface area contributed by atoms with Gasteiger partial charge in [-0.25, -0.2) is 0 Å². The van der Waals surface area contributed by atoms with Crippen LogP contribution in [0.25, 0.3) is 0 Å². The molecule has 0 atom stereocenters. The number of nitrogens with one attached hydrogen (secondary N) is 2. The molecule has 0 unspecified atom stereocenters. The number of nitrogens with zero attached hydrogens (tertiary/aromatic N) is 1. The Morgan fingerprint density at radius 2 is 1.64 bits per heavy atom. The number of ether oxygens (including phenoxy) is 1. The molecule has 2 N–H and O–H groups in total. The monoisotopic (exact) mass is 445 g/mol. The topological polar surface area (TPSA) is 70.7 Å². The van der Waals surface area contributed by atoms with Gasteiger partial charge in [0.1, 0.15) is 5.75 Å². The van der Waals surface area contributed by atoms with E-state index in [9.17, 15) is 9.59 Å². The Morgan fingerprint density at radius 3 is 2.39 bits per heavy atom. The van der Waals surface area contributed by atoms with Crippen molar-refractivity contribution in [2.24, 2.45) is 5.92 Å². The molecular formula is C27H31N3O3. The highest BCUT2D eigenvalue weighted by atomic mass is 16.5. The minimum absolute atomic E-state index is 0.0948. The van der Waals surface area contributed by atoms with Crippen LogP contribution in [0.3, 0.4) is 0 Å². The molecule has 3 aromatic rings. The molecule has 0 saturated heterocycles. The zero-order valence-corrected chi connectivity index (χ0v) is 19.4. The van der Waals surface area contributed by atoms with E-state index in [2.05, 4.69) is 24.5 Å². The minimum atomic E-state index is -0.206. The van der Waals surface area contributed by atoms with Crippen LogP contribution in [0.2, 0.25) is 0 Å². The van der Waals surface area contributed by atoms with E-state index in [0.717, 1.165) is 23.5 Å². The Bertz CT molecular complexity index is 1070. The molecule has 3 aromatic carbocycles. The molecule has 0 saturated carbocycles. The second kappa shape index (κ2) is 11.7. The van der Waals surface area contributed by atoms with E-state index >= 15 is 0 Å². The van der Waals surface area contributed by atoms with Gasteiger partial charge in [-0.15, -0.1) is 0 Å². The second-order valence-electron chi connectivity index (χ2n) is 8.24. The van der Waals surface area contributed by atoms with Gasteiger partial charge < -0.3 is 20.3 Å². The van der Waals surface area contributed by atoms with Crippen LogP contribution < -0.4 is 20.3 Å². The van der Waals surface area contributed by atoms with E-state index in [1.165, 1.54) is 0 Å². The molecule has 0 heterocycles. The molecule has 0 fully saturated rings. The molecular weight excluding hydrogens is 414 g/mol. The molecule has 0 aliphatic carbocycles. The Morgan fingerprint density at radius 1 is 0.909 bits per heavy atom. The highest BCUT2D eigenvalue weighted by Crippen LogP contribution is 2.19. The van der Waals surface area contributed by atoms with Gasteiger partial charge in [-0.1, -0.05) is 44.2 Å². The van der Waals surface area contributed by atoms with Crippen LogP contribution in [0.15, 0.2) is 78.9 Å². The Hall–Kier alpha value is -3.80. The van der Waals surface area contributed by atoms with Crippen molar-refractivity contribution in [1.29, 1.82) is 0 Å². The summed E-state index contributed by atoms with van der Waals surface area (Å²) in [6.07, 6.45) is 0.989. The zero-order chi connectivity index (χ0) is 23.6. The van der Waals surface area contributed by atoms with Crippen LogP contribution in [-0.4, -0.2) is 32.0 Å². The number of para-hydroxylation sites is 1. The lowest BCUT2D eigenvalue weighted by molar-refractivity contribution is -0.114. The maximum Gasteiger partial charge on any atom is 0.258 e. The molecule has 6 nitrogen and oxygen atoms in total. The minimum Gasteiger partial charge on any atom is -0.494 e. The summed E-state index contributed by atoms with van der Waals surface area (Å²) in [6.45, 7) is 5.08. The Balaban J connectivity index is 1.54. The summed E-state index contributed by atoms with van der Waals surface area (Å²) in [7, 11) is 1.73. The molecule has 0 spiro atoms. The van der Waals surface area contributed by atoms with Gasteiger partial charge >= 0.3 is 0 Å². The van der Waals surface area contributed by atoms with E-state index < -0.39 is 0 Å². The van der Waals surface area contributed by atoms with Crippen molar-refractivity contribution >= 4 is 28.9 Å². The lowest BCUT2D eigenvalue weighted by Crippen LogP contribution is -2.26. The standard InChI is InChI=1S/C27H31N3O3/c1-20(2)15-16-33-25-14-8-10-22(18-25)28-19-26(31)29-23-11-7-9-21(17-23)27(32)30(3)24-12-5-4-6-13-24/h4-14,17-18,20,28H,15-16,19H2,1-3H3,(H,29,31). The number of anilines is 3. The summed E-state index contributed by atoms with van der Waals surface area (Å²) in [5.74, 6) is 1.00. The van der Waals surface area contributed by atoms with Crippen LogP contribution in [0.4, 0.5) is 17.1 Å². The van der Waals surface area contributed by atoms with Crippen molar-refractivity contribution in [3.8, 4) is 5.75 Å². The smallest absolute Gasteiger partial charge is 0.258 e. The SMILES string of the molecule is CC(C)CCOc1cccc(NCC(=O)Nc2cccc(C(=O)N(C)c3ccccc3)c2)c1. The van der Waals surface area contributed by atoms with Gasteiger partial charge in [0.05, 0.1) is 13.2 Å². The molecule has 3 rings (SSSR count). The van der Waals surface area contributed by atoms with E-state index in [1.54, 1.807) is 36.2 Å². The maximum absolute atomic E-state index is 12.8. The molecule has 0 aromatic heterocycles. The maximum atomic E-state index is 12.8. The zero-order valence-electron chi connectivity index (χ0n) is 19.4. The van der Waals surface area contributed by atoms with E-state index in [0.29, 0.717) is 23.8 Å². The fourth-order valence-electron chi connectivity index (χ4n) is 3.19. The first-order valence-corrected chi connectivity index (χ1v) is 11.1. The van der Waals surface area contributed by atoms with Gasteiger partial charge in [-0.2, -0.15) is 0 Å². The third-order valence-electron chi connectivity index (χ3n) is 5.09. The highest BCUT2D eigenvalue weighted by molar-refractivity contribution is 6.06. The third-order valence-corrected chi connectivity index (χ3v) is 5.09. The number of carbonyl (C=O) groups is 2. The van der Waals surface area contributed by atoms with Crippen molar-refractivity contribution in [2.45, 2.75) is 20.3 Å². The Kier molecular flexibility index (Phi) is 8.47. The van der Waals surface area contributed by atoms with E-state index in [4.69, 9.17) is 4.74 Å². The number of hydrogen-bond acceptors (Lipinski definition) is 4. The van der Waals surface area contributed by atoms with Gasteiger partial charge in [0, 0.05) is 35.7 Å². The van der Waals surface area contributed by atoms with Crippen LogP contribution >= 0.6 is 0 Å². The van der Waals surface area contributed by atoms with Crippen LogP contribution in [0.1, 0.15) is 30.6 Å². The summed E-state index contributed by atoms with van der Waals surface area (Å²) < 4.78 is 5.77. The average Bonchev–Trinajstić information content (AvgIpc) is 2.82. The first kappa shape index (κ1) is 23.9. The van der Waals surface area contributed by atoms with E-state index in [1.807, 2.05) is 54.6 Å². The average molecular weight is 446 g/mol. The third kappa shape index (κ3) is 7.38. The number of amides is 2. The molecule has 172 valence electrons. The molecule has 0 aliphatic heterocycles. The van der Waals surface area contributed by atoms with Crippen molar-refractivity contribution in [3.63, 3.8) is 0 Å². The normalized spacial score (nSPS) is 10.5. The lowest BCUT2D eigenvalue weighted by atomic mass is 10.1. The molecule has 0 aliphatic rings. The summed E-state index contributed by atoms with van der Waals surface area (Å²) in [6, 6.07) is 23.9. The van der Waals surface area contributed by atoms with Crippen molar-refractivity contribution < 1.29 is 14.3 Å². The summed E-state index contributed by atoms with van der Waals surface area (Å²) >= 11 is 0. The van der Waals surface area contributed by atoms with Crippen molar-refractivity contribution in [3.05, 3.63) is 84.4 Å². The van der Waals surface area contributed by atoms with Crippen LogP contribution in [0.5, 0.6) is 5.75 Å². The first-order chi connectivity index (χ1) is 15.9. The molecule has 6 heteroatoms. The van der Waals surface area contributed by atoms with Gasteiger partial charge in [0.2, 0.25) is 5.91 Å². The largest absolute Gasteiger partial charge is 0.494 e. The first-order valence-electron chi connectivity index (χ1n) is 11.1. The van der Waals surface area contributed by atoms with Gasteiger partial charge in [0.25, 0.3) is 5.91 Å². The number of hydrogen-bond donors (Lipinski definition) is 2. The fraction of sp³-hybridized carbons (Fsp3) is 0.259. The van der Waals surface area contributed by atoms with Crippen LogP contribution in [-0.2, 0) is 4.79 Å². The lowest BCUT2D eigenvalue weighted by Gasteiger charge is -2.18. The molecule has 2 amide bonds. The van der Waals surface area contributed by atoms with Crippen molar-refractivity contribution in [1.82, 2.24) is 0 Å². The highest BCUT2D eigenvalue weighted by Gasteiger charge is 2.14. The summed E-state index contributed by atoms with van der Waals surface area (Å²) in [4.78, 5) is 26.9. The number of carbonyl (C=O) groups excluding carboxylic acids is 2. The Labute approximate surface area is 195 Å². The predicted molar refractivity (Wildman–Crippen MR) is 134 cm³/mol. The fourth-order valence-corrected chi connectivity index (χ4v) is 3.19. The number of rotatable bonds is 10. The number of benzene rings is 3. The quantitative estimate of drug-likeness (QED) is 0.436. The molecule has 33 heavy (non-hydrogen) atoms. The summed E-state index contributed by atoms with van der Waals surface area (Å²) in [5.41, 5.74) is 2.68. The molecule has 0 radical (unpaired) electrons. The van der Waals surface area contributed by atoms with Gasteiger partial charge in [-0.3, -0.25) is 9.59 Å². The van der Waals surface area contributed by atoms with Gasteiger partial charge in [0.15, 0.2) is 0 Å². The molecule has 0 bridgehead atoms. The van der Waals surface area contributed by atoms with Gasteiger partial charge in [-0.05, 0) is 54.8 Å². The second-order valence-corrected chi connectivity index (χ2v) is 8.24. The summed E-state index contributed by atoms with van der Waals surface area (Å²) in [5, 5.41) is 5.96. The van der Waals surface area contributed by atoms with Crippen molar-refractivity contribution in [2.75, 3.05) is 35.7 Å². The van der Waals surface area contributed by atoms with E-state index in [-0.39, 0.29) is 18.4 Å². The van der Waals surface area contributed by atoms with Crippen LogP contribution in [0, 0.1) is 5.92 Å². The predicted octanol–water partition coefficient (Wildman–Crippen LogP) is 5.44.